The van der Waals surface area contributed by atoms with E-state index < -0.39 is 23.4 Å². The van der Waals surface area contributed by atoms with Crippen molar-refractivity contribution in [2.45, 2.75) is 24.6 Å². The number of hydrogen-bond donors (Lipinski definition) is 1. The Morgan fingerprint density at radius 1 is 1.16 bits per heavy atom. The predicted octanol–water partition coefficient (Wildman–Crippen LogP) is 5.19. The van der Waals surface area contributed by atoms with Gasteiger partial charge in [0.2, 0.25) is 5.60 Å². The van der Waals surface area contributed by atoms with Gasteiger partial charge in [0.05, 0.1) is 0 Å². The second-order valence-electron chi connectivity index (χ2n) is 5.74. The van der Waals surface area contributed by atoms with Gasteiger partial charge in [0, 0.05) is 28.4 Å². The predicted molar refractivity (Wildman–Crippen MR) is 90.0 cm³/mol. The molecule has 0 saturated heterocycles. The highest BCUT2D eigenvalue weighted by atomic mass is 35.5. The molecule has 0 bridgehead atoms. The molecular weight excluding hydrogens is 376 g/mol. The van der Waals surface area contributed by atoms with E-state index in [0.717, 1.165) is 0 Å². The Bertz CT molecular complexity index is 893. The molecule has 0 saturated carbocycles. The molecule has 0 spiro atoms. The molecule has 8 heteroatoms. The van der Waals surface area contributed by atoms with Gasteiger partial charge in [-0.2, -0.15) is 13.2 Å². The summed E-state index contributed by atoms with van der Waals surface area (Å²) in [5.74, 6) is -1.40. The summed E-state index contributed by atoms with van der Waals surface area (Å²) in [6.45, 7) is 1.26. The number of imidazole rings is 1. The van der Waals surface area contributed by atoms with Crippen LogP contribution in [-0.4, -0.2) is 20.7 Å². The lowest BCUT2D eigenvalue weighted by molar-refractivity contribution is -0.276. The second kappa shape index (κ2) is 6.20. The number of aromatic nitrogens is 2. The fourth-order valence-corrected chi connectivity index (χ4v) is 3.38. The lowest BCUT2D eigenvalue weighted by atomic mass is 9.80. The highest BCUT2D eigenvalue weighted by molar-refractivity contribution is 6.35. The van der Waals surface area contributed by atoms with Crippen molar-refractivity contribution < 1.29 is 18.3 Å². The van der Waals surface area contributed by atoms with E-state index in [0.29, 0.717) is 10.7 Å². The molecule has 132 valence electrons. The van der Waals surface area contributed by atoms with Gasteiger partial charge in [-0.3, -0.25) is 0 Å². The molecule has 1 N–H and O–H groups in total. The van der Waals surface area contributed by atoms with Gasteiger partial charge in [-0.25, -0.2) is 4.98 Å². The number of pyridine rings is 1. The molecule has 2 heterocycles. The standard InChI is InChI=1S/C17H13Cl2F3N2O/c1-10(12-6-5-11(18)8-13(12)19)16(25,17(20,21)22)14-9-24-7-3-2-4-15(24)23-14/h2-10,25H,1H3. The van der Waals surface area contributed by atoms with Crippen molar-refractivity contribution in [2.75, 3.05) is 0 Å². The highest BCUT2D eigenvalue weighted by Gasteiger charge is 2.60. The summed E-state index contributed by atoms with van der Waals surface area (Å²) >= 11 is 11.9. The summed E-state index contributed by atoms with van der Waals surface area (Å²) < 4.78 is 43.1. The van der Waals surface area contributed by atoms with E-state index in [-0.39, 0.29) is 10.6 Å². The molecule has 0 aliphatic rings. The van der Waals surface area contributed by atoms with E-state index in [9.17, 15) is 18.3 Å². The van der Waals surface area contributed by atoms with Crippen LogP contribution >= 0.6 is 23.2 Å². The first-order valence-corrected chi connectivity index (χ1v) is 8.08. The molecule has 25 heavy (non-hydrogen) atoms. The molecule has 0 aliphatic heterocycles. The molecule has 2 atom stereocenters. The monoisotopic (exact) mass is 388 g/mol. The fourth-order valence-electron chi connectivity index (χ4n) is 2.81. The van der Waals surface area contributed by atoms with Crippen LogP contribution in [0.15, 0.2) is 48.8 Å². The minimum atomic E-state index is -4.96. The van der Waals surface area contributed by atoms with E-state index >= 15 is 0 Å². The molecule has 1 aromatic carbocycles. The zero-order valence-corrected chi connectivity index (χ0v) is 14.4. The van der Waals surface area contributed by atoms with Crippen LogP contribution in [-0.2, 0) is 5.60 Å². The van der Waals surface area contributed by atoms with E-state index in [1.54, 1.807) is 24.4 Å². The summed E-state index contributed by atoms with van der Waals surface area (Å²) in [5.41, 5.74) is -3.28. The van der Waals surface area contributed by atoms with Crippen molar-refractivity contribution in [3.05, 3.63) is 70.1 Å². The number of aliphatic hydroxyl groups is 1. The zero-order chi connectivity index (χ0) is 18.4. The van der Waals surface area contributed by atoms with Gasteiger partial charge in [-0.15, -0.1) is 0 Å². The summed E-state index contributed by atoms with van der Waals surface area (Å²) in [4.78, 5) is 3.97. The molecular formula is C17H13Cl2F3N2O. The lowest BCUT2D eigenvalue weighted by Crippen LogP contribution is -2.47. The van der Waals surface area contributed by atoms with Crippen LogP contribution in [0.5, 0.6) is 0 Å². The normalized spacial score (nSPS) is 16.0. The Hall–Kier alpha value is -1.76. The lowest BCUT2D eigenvalue weighted by Gasteiger charge is -2.35. The van der Waals surface area contributed by atoms with E-state index in [1.807, 2.05) is 0 Å². The number of alkyl halides is 3. The molecule has 2 aromatic heterocycles. The number of nitrogens with zero attached hydrogens (tertiary/aromatic N) is 2. The van der Waals surface area contributed by atoms with Gasteiger partial charge in [-0.1, -0.05) is 42.3 Å². The smallest absolute Gasteiger partial charge is 0.375 e. The summed E-state index contributed by atoms with van der Waals surface area (Å²) in [7, 11) is 0. The molecule has 3 aromatic rings. The first-order chi connectivity index (χ1) is 11.6. The summed E-state index contributed by atoms with van der Waals surface area (Å²) in [6, 6.07) is 9.01. The zero-order valence-electron chi connectivity index (χ0n) is 12.9. The molecule has 0 aliphatic carbocycles. The summed E-state index contributed by atoms with van der Waals surface area (Å²) in [6.07, 6.45) is -2.24. The Labute approximate surface area is 151 Å². The van der Waals surface area contributed by atoms with E-state index in [2.05, 4.69) is 4.98 Å². The maximum Gasteiger partial charge on any atom is 0.423 e. The summed E-state index contributed by atoms with van der Waals surface area (Å²) in [5, 5.41) is 11.1. The maximum atomic E-state index is 13.9. The number of halogens is 5. The van der Waals surface area contributed by atoms with Crippen LogP contribution in [0.3, 0.4) is 0 Å². The van der Waals surface area contributed by atoms with E-state index in [1.165, 1.54) is 35.7 Å². The van der Waals surface area contributed by atoms with Crippen LogP contribution in [0, 0.1) is 0 Å². The Morgan fingerprint density at radius 3 is 2.48 bits per heavy atom. The third-order valence-corrected chi connectivity index (χ3v) is 4.80. The SMILES string of the molecule is CC(c1ccc(Cl)cc1Cl)C(O)(c1cn2ccccc2n1)C(F)(F)F. The van der Waals surface area contributed by atoms with E-state index in [4.69, 9.17) is 23.2 Å². The van der Waals surface area contributed by atoms with Gasteiger partial charge in [0.1, 0.15) is 11.3 Å². The Balaban J connectivity index is 2.19. The van der Waals surface area contributed by atoms with Crippen LogP contribution in [0.25, 0.3) is 5.65 Å². The molecule has 3 rings (SSSR count). The number of benzene rings is 1. The third-order valence-electron chi connectivity index (χ3n) is 4.24. The molecule has 0 radical (unpaired) electrons. The van der Waals surface area contributed by atoms with Crippen molar-refractivity contribution in [3.63, 3.8) is 0 Å². The topological polar surface area (TPSA) is 37.5 Å². The number of fused-ring (bicyclic) bond motifs is 1. The maximum absolute atomic E-state index is 13.9. The number of rotatable bonds is 3. The van der Waals surface area contributed by atoms with Gasteiger partial charge in [0.15, 0.2) is 0 Å². The van der Waals surface area contributed by atoms with Gasteiger partial charge in [-0.05, 0) is 29.8 Å². The highest BCUT2D eigenvalue weighted by Crippen LogP contribution is 2.49. The van der Waals surface area contributed by atoms with Crippen LogP contribution < -0.4 is 0 Å². The van der Waals surface area contributed by atoms with Crippen LogP contribution in [0.4, 0.5) is 13.2 Å². The van der Waals surface area contributed by atoms with Crippen molar-refractivity contribution in [1.82, 2.24) is 9.38 Å². The molecule has 0 fully saturated rings. The molecule has 3 nitrogen and oxygen atoms in total. The Morgan fingerprint density at radius 2 is 1.88 bits per heavy atom. The van der Waals surface area contributed by atoms with Gasteiger partial charge < -0.3 is 9.51 Å². The van der Waals surface area contributed by atoms with Crippen LogP contribution in [0.1, 0.15) is 24.1 Å². The quantitative estimate of drug-likeness (QED) is 0.669. The largest absolute Gasteiger partial charge is 0.423 e. The number of hydrogen-bond acceptors (Lipinski definition) is 2. The minimum Gasteiger partial charge on any atom is -0.375 e. The van der Waals surface area contributed by atoms with Crippen molar-refractivity contribution >= 4 is 28.8 Å². The first kappa shape index (κ1) is 18.0. The second-order valence-corrected chi connectivity index (χ2v) is 6.59. The van der Waals surface area contributed by atoms with Crippen molar-refractivity contribution in [1.29, 1.82) is 0 Å². The van der Waals surface area contributed by atoms with Gasteiger partial charge >= 0.3 is 6.18 Å². The van der Waals surface area contributed by atoms with Crippen LogP contribution in [0.2, 0.25) is 10.0 Å². The van der Waals surface area contributed by atoms with Gasteiger partial charge in [0.25, 0.3) is 0 Å². The fraction of sp³-hybridized carbons (Fsp3) is 0.235. The average molecular weight is 389 g/mol. The Kier molecular flexibility index (Phi) is 4.47. The first-order valence-electron chi connectivity index (χ1n) is 7.33. The van der Waals surface area contributed by atoms with Crippen molar-refractivity contribution in [2.24, 2.45) is 0 Å². The average Bonchev–Trinajstić information content (AvgIpc) is 2.96. The third kappa shape index (κ3) is 2.99. The molecule has 0 amide bonds. The molecule has 2 unspecified atom stereocenters. The van der Waals surface area contributed by atoms with Crippen molar-refractivity contribution in [3.8, 4) is 0 Å². The minimum absolute atomic E-state index is 0.0476.